The van der Waals surface area contributed by atoms with Crippen molar-refractivity contribution < 1.29 is 36.6 Å². The lowest BCUT2D eigenvalue weighted by Crippen LogP contribution is -2.42. The number of halogens is 4. The Bertz CT molecular complexity index is 1130. The van der Waals surface area contributed by atoms with Gasteiger partial charge in [-0.25, -0.2) is 27.5 Å². The minimum atomic E-state index is -2.97. The normalized spacial score (nSPS) is 18.6. The van der Waals surface area contributed by atoms with Crippen molar-refractivity contribution in [2.45, 2.75) is 64.0 Å². The van der Waals surface area contributed by atoms with E-state index in [9.17, 15) is 22.4 Å². The molecule has 0 spiro atoms. The van der Waals surface area contributed by atoms with Crippen LogP contribution in [0.5, 0.6) is 0 Å². The average Bonchev–Trinajstić information content (AvgIpc) is 3.42. The predicted molar refractivity (Wildman–Crippen MR) is 125 cm³/mol. The monoisotopic (exact) mass is 526 g/mol. The topological polar surface area (TPSA) is 94.6 Å². The molecule has 2 aliphatic rings. The van der Waals surface area contributed by atoms with E-state index in [0.717, 1.165) is 6.07 Å². The fourth-order valence-electron chi connectivity index (χ4n) is 4.24. The number of benzene rings is 1. The third-order valence-corrected chi connectivity index (χ3v) is 6.38. The number of nitrogens with one attached hydrogen (secondary N) is 2. The number of amides is 1. The van der Waals surface area contributed by atoms with Crippen molar-refractivity contribution in [3.8, 4) is 0 Å². The van der Waals surface area contributed by atoms with Crippen molar-refractivity contribution in [3.63, 3.8) is 0 Å². The molecule has 1 aliphatic carbocycles. The summed E-state index contributed by atoms with van der Waals surface area (Å²) in [6.07, 6.45) is -4.12. The van der Waals surface area contributed by atoms with Gasteiger partial charge in [0.2, 0.25) is 0 Å². The van der Waals surface area contributed by atoms with Crippen LogP contribution in [0.3, 0.4) is 0 Å². The molecule has 4 rings (SSSR count). The predicted octanol–water partition coefficient (Wildman–Crippen LogP) is 4.78. The van der Waals surface area contributed by atoms with Gasteiger partial charge in [0.25, 0.3) is 12.3 Å². The molecule has 37 heavy (non-hydrogen) atoms. The van der Waals surface area contributed by atoms with Gasteiger partial charge >= 0.3 is 0 Å². The third kappa shape index (κ3) is 5.86. The highest BCUT2D eigenvalue weighted by Gasteiger charge is 2.46. The van der Waals surface area contributed by atoms with Gasteiger partial charge in [0, 0.05) is 12.2 Å². The van der Waals surface area contributed by atoms with Gasteiger partial charge in [0.15, 0.2) is 12.4 Å². The van der Waals surface area contributed by atoms with E-state index < -0.39 is 54.4 Å². The summed E-state index contributed by atoms with van der Waals surface area (Å²) in [4.78, 5) is 22.1. The van der Waals surface area contributed by atoms with E-state index in [1.165, 1.54) is 12.1 Å². The van der Waals surface area contributed by atoms with Crippen molar-refractivity contribution in [3.05, 3.63) is 52.2 Å². The van der Waals surface area contributed by atoms with Crippen LogP contribution in [-0.4, -0.2) is 47.9 Å². The van der Waals surface area contributed by atoms with Crippen LogP contribution in [0, 0.1) is 12.7 Å². The molecule has 1 aliphatic heterocycles. The van der Waals surface area contributed by atoms with Crippen LogP contribution < -0.4 is 10.6 Å². The van der Waals surface area contributed by atoms with Crippen LogP contribution in [0.25, 0.3) is 0 Å². The van der Waals surface area contributed by atoms with Gasteiger partial charge in [-0.05, 0) is 33.6 Å². The fraction of sp³-hybridized carbons (Fsp3) is 0.560. The van der Waals surface area contributed by atoms with Gasteiger partial charge in [-0.15, -0.1) is 0 Å². The van der Waals surface area contributed by atoms with Crippen LogP contribution in [0.4, 0.5) is 23.4 Å². The van der Waals surface area contributed by atoms with E-state index in [1.54, 1.807) is 20.8 Å². The van der Waals surface area contributed by atoms with Crippen LogP contribution in [0.2, 0.25) is 0 Å². The molecule has 12 heteroatoms. The zero-order valence-electron chi connectivity index (χ0n) is 20.8. The molecule has 2 heterocycles. The van der Waals surface area contributed by atoms with E-state index in [-0.39, 0.29) is 48.3 Å². The van der Waals surface area contributed by atoms with Gasteiger partial charge in [0.05, 0.1) is 41.6 Å². The van der Waals surface area contributed by atoms with Crippen molar-refractivity contribution >= 4 is 11.7 Å². The van der Waals surface area contributed by atoms with Crippen molar-refractivity contribution in [2.24, 2.45) is 0 Å². The summed E-state index contributed by atoms with van der Waals surface area (Å²) in [5, 5.41) is 5.78. The van der Waals surface area contributed by atoms with Gasteiger partial charge in [0.1, 0.15) is 24.1 Å². The molecule has 1 saturated carbocycles. The number of aryl methyl sites for hydroxylation is 1. The zero-order valence-corrected chi connectivity index (χ0v) is 20.8. The van der Waals surface area contributed by atoms with E-state index >= 15 is 0 Å². The lowest BCUT2D eigenvalue weighted by atomic mass is 10.0. The number of hydrogen-bond acceptors (Lipinski definition) is 7. The molecule has 2 N–H and O–H groups in total. The minimum Gasteiger partial charge on any atom is -0.363 e. The summed E-state index contributed by atoms with van der Waals surface area (Å²) < 4.78 is 72.1. The summed E-state index contributed by atoms with van der Waals surface area (Å²) in [6.45, 7) is 4.90. The molecule has 1 unspecified atom stereocenters. The number of rotatable bonds is 11. The van der Waals surface area contributed by atoms with Crippen molar-refractivity contribution in [2.75, 3.05) is 31.8 Å². The van der Waals surface area contributed by atoms with Gasteiger partial charge < -0.3 is 24.8 Å². The Balaban J connectivity index is 1.75. The fourth-order valence-corrected chi connectivity index (χ4v) is 4.24. The molecule has 2 atom stereocenters. The highest BCUT2D eigenvalue weighted by molar-refractivity contribution is 5.83. The third-order valence-electron chi connectivity index (χ3n) is 6.38. The molecular weight excluding hydrogens is 496 g/mol. The first kappa shape index (κ1) is 27.2. The Kier molecular flexibility index (Phi) is 8.29. The number of nitrogens with zero attached hydrogens (tertiary/aromatic N) is 2. The lowest BCUT2D eigenvalue weighted by molar-refractivity contribution is -0.134. The average molecular weight is 527 g/mol. The van der Waals surface area contributed by atoms with Gasteiger partial charge in [-0.1, -0.05) is 18.2 Å². The van der Waals surface area contributed by atoms with E-state index in [1.807, 2.05) is 0 Å². The first-order chi connectivity index (χ1) is 17.7. The molecule has 0 radical (unpaired) electrons. The Morgan fingerprint density at radius 3 is 2.49 bits per heavy atom. The number of hydrogen-bond donors (Lipinski definition) is 2. The summed E-state index contributed by atoms with van der Waals surface area (Å²) in [7, 11) is 0. The molecule has 1 aromatic heterocycles. The lowest BCUT2D eigenvalue weighted by Gasteiger charge is -2.26. The van der Waals surface area contributed by atoms with E-state index in [0.29, 0.717) is 12.8 Å². The number of ether oxygens (including phenoxy) is 3. The molecule has 0 bridgehead atoms. The summed E-state index contributed by atoms with van der Waals surface area (Å²) in [5.41, 5.74) is -1.18. The Labute approximate surface area is 212 Å². The number of alkyl halides is 3. The molecule has 1 aromatic carbocycles. The van der Waals surface area contributed by atoms with Crippen LogP contribution >= 0.6 is 0 Å². The summed E-state index contributed by atoms with van der Waals surface area (Å²) >= 11 is 0. The second kappa shape index (κ2) is 11.3. The van der Waals surface area contributed by atoms with E-state index in [4.69, 9.17) is 14.2 Å². The molecule has 2 aromatic rings. The molecule has 2 fully saturated rings. The first-order valence-corrected chi connectivity index (χ1v) is 12.1. The SMILES string of the molecule is CCOC(C(=O)NC1(CF)CC1)c1nc(C)nc(N[C@H](C)c2cccc(C(F)F)c2F)c1C1OCCO1. The Hall–Kier alpha value is -2.83. The Morgan fingerprint density at radius 2 is 1.89 bits per heavy atom. The van der Waals surface area contributed by atoms with Crippen molar-refractivity contribution in [1.29, 1.82) is 0 Å². The quantitative estimate of drug-likeness (QED) is 0.407. The number of anilines is 1. The second-order valence-corrected chi connectivity index (χ2v) is 9.15. The van der Waals surface area contributed by atoms with Gasteiger partial charge in [-0.2, -0.15) is 0 Å². The van der Waals surface area contributed by atoms with Gasteiger partial charge in [-0.3, -0.25) is 4.79 Å². The van der Waals surface area contributed by atoms with Crippen LogP contribution in [0.1, 0.15) is 79.8 Å². The van der Waals surface area contributed by atoms with E-state index in [2.05, 4.69) is 20.6 Å². The van der Waals surface area contributed by atoms with Crippen molar-refractivity contribution in [1.82, 2.24) is 15.3 Å². The number of aromatic nitrogens is 2. The number of carbonyl (C=O) groups excluding carboxylic acids is 1. The number of carbonyl (C=O) groups is 1. The minimum absolute atomic E-state index is 0.00699. The molecule has 1 amide bonds. The standard InChI is InChI=1S/C25H30F4N4O4/c1-4-35-20(23(34)33-25(12-26)8-9-25)19-17(24-36-10-11-37-24)22(32-14(3)31-19)30-13(2)15-6-5-7-16(18(15)27)21(28)29/h5-7,13,20-21,24H,4,8-12H2,1-3H3,(H,33,34)(H,30,31,32)/t13-,20?/m1/s1. The van der Waals surface area contributed by atoms with Crippen LogP contribution in [-0.2, 0) is 19.0 Å². The highest BCUT2D eigenvalue weighted by atomic mass is 19.3. The maximum atomic E-state index is 14.9. The summed E-state index contributed by atoms with van der Waals surface area (Å²) in [6, 6.07) is 2.98. The molecule has 8 nitrogen and oxygen atoms in total. The molecular formula is C25H30F4N4O4. The summed E-state index contributed by atoms with van der Waals surface area (Å²) in [5.74, 6) is -1.15. The molecule has 202 valence electrons. The second-order valence-electron chi connectivity index (χ2n) is 9.15. The first-order valence-electron chi connectivity index (χ1n) is 12.1. The Morgan fingerprint density at radius 1 is 1.22 bits per heavy atom. The smallest absolute Gasteiger partial charge is 0.266 e. The molecule has 1 saturated heterocycles. The maximum Gasteiger partial charge on any atom is 0.266 e. The highest BCUT2D eigenvalue weighted by Crippen LogP contribution is 2.39. The largest absolute Gasteiger partial charge is 0.363 e. The zero-order chi connectivity index (χ0) is 26.7. The van der Waals surface area contributed by atoms with Crippen LogP contribution in [0.15, 0.2) is 18.2 Å². The maximum absolute atomic E-state index is 14.9.